The second-order valence-corrected chi connectivity index (χ2v) is 6.37. The van der Waals surface area contributed by atoms with Crippen molar-refractivity contribution in [1.29, 1.82) is 0 Å². The molecule has 1 aromatic rings. The van der Waals surface area contributed by atoms with Crippen LogP contribution >= 0.6 is 11.3 Å². The molecular formula is C9H13NOS2. The lowest BCUT2D eigenvalue weighted by molar-refractivity contribution is 0.371. The molecule has 0 aliphatic carbocycles. The smallest absolute Gasteiger partial charge is 0.128 e. The van der Waals surface area contributed by atoms with E-state index in [1.54, 1.807) is 11.3 Å². The van der Waals surface area contributed by atoms with Gasteiger partial charge < -0.3 is 0 Å². The van der Waals surface area contributed by atoms with Gasteiger partial charge in [-0.25, -0.2) is 8.51 Å². The van der Waals surface area contributed by atoms with Crippen LogP contribution in [0.15, 0.2) is 15.7 Å². The minimum absolute atomic E-state index is 0.137. The monoisotopic (exact) mass is 215 g/mol. The van der Waals surface area contributed by atoms with Crippen molar-refractivity contribution in [2.24, 2.45) is 0 Å². The Balaban J connectivity index is 2.57. The molecule has 0 saturated carbocycles. The molecule has 13 heavy (non-hydrogen) atoms. The molecule has 1 aliphatic heterocycles. The molecule has 2 nitrogen and oxygen atoms in total. The molecule has 0 N–H and O–H groups in total. The van der Waals surface area contributed by atoms with E-state index in [0.29, 0.717) is 0 Å². The number of nitrogens with zero attached hydrogens (tertiary/aromatic N) is 1. The molecule has 2 heterocycles. The van der Waals surface area contributed by atoms with Gasteiger partial charge in [-0.15, -0.1) is 0 Å². The van der Waals surface area contributed by atoms with Crippen LogP contribution < -0.4 is 0 Å². The van der Waals surface area contributed by atoms with Crippen molar-refractivity contribution in [2.45, 2.75) is 24.2 Å². The molecule has 0 fully saturated rings. The van der Waals surface area contributed by atoms with Gasteiger partial charge in [-0.3, -0.25) is 0 Å². The highest BCUT2D eigenvalue weighted by molar-refractivity contribution is 7.83. The minimum atomic E-state index is -0.932. The third kappa shape index (κ3) is 1.37. The Morgan fingerprint density at radius 1 is 1.54 bits per heavy atom. The second kappa shape index (κ2) is 2.90. The Kier molecular flexibility index (Phi) is 2.09. The van der Waals surface area contributed by atoms with Crippen LogP contribution in [0.2, 0.25) is 0 Å². The Morgan fingerprint density at radius 2 is 2.23 bits per heavy atom. The third-order valence-corrected chi connectivity index (χ3v) is 4.75. The first-order chi connectivity index (χ1) is 6.02. The van der Waals surface area contributed by atoms with Crippen LogP contribution in [0.25, 0.3) is 0 Å². The maximum atomic E-state index is 11.8. The van der Waals surface area contributed by atoms with Crippen LogP contribution in [-0.4, -0.2) is 22.1 Å². The van der Waals surface area contributed by atoms with Gasteiger partial charge >= 0.3 is 0 Å². The van der Waals surface area contributed by atoms with E-state index < -0.39 is 11.0 Å². The van der Waals surface area contributed by atoms with Gasteiger partial charge in [-0.05, 0) is 10.9 Å². The highest BCUT2D eigenvalue weighted by atomic mass is 32.2. The predicted molar refractivity (Wildman–Crippen MR) is 56.4 cm³/mol. The lowest BCUT2D eigenvalue weighted by Gasteiger charge is -2.34. The molecular weight excluding hydrogens is 202 g/mol. The molecule has 1 atom stereocenters. The molecule has 0 aromatic carbocycles. The van der Waals surface area contributed by atoms with Gasteiger partial charge in [0.05, 0.1) is 4.90 Å². The highest BCUT2D eigenvalue weighted by Crippen LogP contribution is 2.37. The average Bonchev–Trinajstić information content (AvgIpc) is 2.48. The quantitative estimate of drug-likeness (QED) is 0.648. The SMILES string of the molecule is CN1CC(C)(C)c2cscc2S1=O. The Labute approximate surface area is 85.2 Å². The van der Waals surface area contributed by atoms with Gasteiger partial charge in [-0.1, -0.05) is 13.8 Å². The van der Waals surface area contributed by atoms with Gasteiger partial charge in [0.2, 0.25) is 0 Å². The van der Waals surface area contributed by atoms with Crippen molar-refractivity contribution in [3.05, 3.63) is 16.3 Å². The average molecular weight is 215 g/mol. The Bertz CT molecular complexity index is 356. The second-order valence-electron chi connectivity index (χ2n) is 4.07. The topological polar surface area (TPSA) is 20.3 Å². The number of hydrogen-bond donors (Lipinski definition) is 0. The third-order valence-electron chi connectivity index (χ3n) is 2.44. The van der Waals surface area contributed by atoms with Crippen LogP contribution in [0.1, 0.15) is 19.4 Å². The van der Waals surface area contributed by atoms with E-state index in [2.05, 4.69) is 19.2 Å². The largest absolute Gasteiger partial charge is 0.237 e. The first-order valence-electron chi connectivity index (χ1n) is 4.22. The van der Waals surface area contributed by atoms with E-state index in [-0.39, 0.29) is 5.41 Å². The van der Waals surface area contributed by atoms with Crippen LogP contribution in [0.4, 0.5) is 0 Å². The van der Waals surface area contributed by atoms with Gasteiger partial charge in [0.25, 0.3) is 0 Å². The van der Waals surface area contributed by atoms with Crippen LogP contribution in [-0.2, 0) is 16.4 Å². The van der Waals surface area contributed by atoms with E-state index in [1.807, 2.05) is 16.7 Å². The molecule has 1 aromatic heterocycles. The van der Waals surface area contributed by atoms with Crippen molar-refractivity contribution in [3.63, 3.8) is 0 Å². The van der Waals surface area contributed by atoms with Crippen molar-refractivity contribution < 1.29 is 4.21 Å². The molecule has 0 amide bonds. The Morgan fingerprint density at radius 3 is 2.92 bits per heavy atom. The number of likely N-dealkylation sites (N-methyl/N-ethyl adjacent to an activating group) is 1. The zero-order valence-corrected chi connectivity index (χ0v) is 9.67. The summed E-state index contributed by atoms with van der Waals surface area (Å²) in [6, 6.07) is 0. The van der Waals surface area contributed by atoms with E-state index in [1.165, 1.54) is 5.56 Å². The molecule has 1 unspecified atom stereocenters. The maximum absolute atomic E-state index is 11.8. The van der Waals surface area contributed by atoms with Crippen LogP contribution in [0.5, 0.6) is 0 Å². The first-order valence-corrected chi connectivity index (χ1v) is 6.27. The molecule has 0 saturated heterocycles. The van der Waals surface area contributed by atoms with Crippen molar-refractivity contribution in [2.75, 3.05) is 13.6 Å². The summed E-state index contributed by atoms with van der Waals surface area (Å²) < 4.78 is 13.7. The fourth-order valence-electron chi connectivity index (χ4n) is 1.78. The molecule has 1 aliphatic rings. The van der Waals surface area contributed by atoms with Crippen LogP contribution in [0, 0.1) is 0 Å². The maximum Gasteiger partial charge on any atom is 0.128 e. The minimum Gasteiger partial charge on any atom is -0.237 e. The number of fused-ring (bicyclic) bond motifs is 1. The van der Waals surface area contributed by atoms with Gasteiger partial charge in [-0.2, -0.15) is 11.3 Å². The van der Waals surface area contributed by atoms with E-state index in [4.69, 9.17) is 0 Å². The summed E-state index contributed by atoms with van der Waals surface area (Å²) in [5, 5.41) is 4.13. The molecule has 72 valence electrons. The van der Waals surface area contributed by atoms with E-state index in [9.17, 15) is 4.21 Å². The summed E-state index contributed by atoms with van der Waals surface area (Å²) in [6.07, 6.45) is 0. The molecule has 2 rings (SSSR count). The normalized spacial score (nSPS) is 27.2. The predicted octanol–water partition coefficient (Wildman–Crippen LogP) is 1.99. The first kappa shape index (κ1) is 9.37. The number of thiophene rings is 1. The van der Waals surface area contributed by atoms with E-state index in [0.717, 1.165) is 11.4 Å². The lowest BCUT2D eigenvalue weighted by atomic mass is 9.86. The van der Waals surface area contributed by atoms with Gasteiger partial charge in [0, 0.05) is 24.4 Å². The van der Waals surface area contributed by atoms with E-state index >= 15 is 0 Å². The number of hydrogen-bond acceptors (Lipinski definition) is 2. The summed E-state index contributed by atoms with van der Waals surface area (Å²) >= 11 is 1.64. The Hall–Kier alpha value is -0.190. The number of rotatable bonds is 0. The molecule has 0 radical (unpaired) electrons. The molecule has 4 heteroatoms. The molecule has 0 bridgehead atoms. The summed E-state index contributed by atoms with van der Waals surface area (Å²) in [5.74, 6) is 0. The molecule has 0 spiro atoms. The zero-order valence-electron chi connectivity index (χ0n) is 8.03. The fourth-order valence-corrected chi connectivity index (χ4v) is 4.55. The summed E-state index contributed by atoms with van der Waals surface area (Å²) in [6.45, 7) is 5.26. The van der Waals surface area contributed by atoms with Crippen LogP contribution in [0.3, 0.4) is 0 Å². The summed E-state index contributed by atoms with van der Waals surface area (Å²) in [4.78, 5) is 1.00. The summed E-state index contributed by atoms with van der Waals surface area (Å²) in [5.41, 5.74) is 1.40. The van der Waals surface area contributed by atoms with Gasteiger partial charge in [0.15, 0.2) is 0 Å². The zero-order chi connectivity index (χ0) is 9.64. The van der Waals surface area contributed by atoms with Crippen molar-refractivity contribution in [1.82, 2.24) is 4.31 Å². The standard InChI is InChI=1S/C9H13NOS2/c1-9(2)6-10(3)13(11)8-5-12-4-7(8)9/h4-5H,6H2,1-3H3. The summed E-state index contributed by atoms with van der Waals surface area (Å²) in [7, 11) is 0.984. The fraction of sp³-hybridized carbons (Fsp3) is 0.556. The van der Waals surface area contributed by atoms with Crippen molar-refractivity contribution in [3.8, 4) is 0 Å². The van der Waals surface area contributed by atoms with Crippen molar-refractivity contribution >= 4 is 22.3 Å². The highest BCUT2D eigenvalue weighted by Gasteiger charge is 2.34. The van der Waals surface area contributed by atoms with Gasteiger partial charge in [0.1, 0.15) is 11.0 Å². The lowest BCUT2D eigenvalue weighted by Crippen LogP contribution is -2.40.